The molecule has 2 heterocycles. The van der Waals surface area contributed by atoms with E-state index in [-0.39, 0.29) is 0 Å². The van der Waals surface area contributed by atoms with Gasteiger partial charge in [-0.2, -0.15) is 9.97 Å². The van der Waals surface area contributed by atoms with Gasteiger partial charge in [-0.05, 0) is 18.2 Å². The maximum Gasteiger partial charge on any atom is 0.250 e. The average molecular weight is 320 g/mol. The molecule has 19 heavy (non-hydrogen) atoms. The molecule has 6 nitrogen and oxygen atoms in total. The Hall–Kier alpha value is -2.15. The Balaban J connectivity index is 2.06. The molecule has 2 N–H and O–H groups in total. The minimum Gasteiger partial charge on any atom is -0.437 e. The second-order valence-electron chi connectivity index (χ2n) is 3.76. The molecular formula is C12H10BrN5O. The van der Waals surface area contributed by atoms with Gasteiger partial charge in [0, 0.05) is 11.5 Å². The quantitative estimate of drug-likeness (QED) is 0.776. The van der Waals surface area contributed by atoms with E-state index in [1.54, 1.807) is 13.4 Å². The fourth-order valence-electron chi connectivity index (χ4n) is 1.63. The minimum atomic E-state index is 0.435. The summed E-state index contributed by atoms with van der Waals surface area (Å²) < 4.78 is 6.72. The highest BCUT2D eigenvalue weighted by Crippen LogP contribution is 2.27. The van der Waals surface area contributed by atoms with Gasteiger partial charge in [-0.1, -0.05) is 22.0 Å². The summed E-state index contributed by atoms with van der Waals surface area (Å²) in [7, 11) is 1.75. The van der Waals surface area contributed by atoms with Crippen LogP contribution in [0.15, 0.2) is 35.1 Å². The van der Waals surface area contributed by atoms with Crippen molar-refractivity contribution in [1.82, 2.24) is 19.9 Å². The van der Waals surface area contributed by atoms with Crippen LogP contribution in [0.4, 0.5) is 5.95 Å². The first-order chi connectivity index (χ1) is 9.26. The second-order valence-corrected chi connectivity index (χ2v) is 4.68. The van der Waals surface area contributed by atoms with Crippen molar-refractivity contribution in [2.45, 2.75) is 0 Å². The van der Waals surface area contributed by atoms with Gasteiger partial charge in [0.25, 0.3) is 5.88 Å². The molecule has 0 radical (unpaired) electrons. The maximum absolute atomic E-state index is 5.78. The van der Waals surface area contributed by atoms with E-state index in [1.807, 2.05) is 24.3 Å². The molecule has 0 bridgehead atoms. The summed E-state index contributed by atoms with van der Waals surface area (Å²) in [5.41, 5.74) is 1.23. The normalized spacial score (nSPS) is 10.6. The number of nitrogens with one attached hydrogen (secondary N) is 2. The summed E-state index contributed by atoms with van der Waals surface area (Å²) >= 11 is 3.40. The van der Waals surface area contributed by atoms with Gasteiger partial charge in [0.05, 0.1) is 6.33 Å². The molecule has 1 aromatic carbocycles. The van der Waals surface area contributed by atoms with Crippen LogP contribution >= 0.6 is 15.9 Å². The first kappa shape index (κ1) is 11.9. The largest absolute Gasteiger partial charge is 0.437 e. The van der Waals surface area contributed by atoms with Crippen LogP contribution in [0.3, 0.4) is 0 Å². The van der Waals surface area contributed by atoms with Crippen LogP contribution in [0.25, 0.3) is 11.2 Å². The number of H-pyrrole nitrogens is 1. The highest BCUT2D eigenvalue weighted by atomic mass is 79.9. The molecule has 0 aliphatic heterocycles. The van der Waals surface area contributed by atoms with Gasteiger partial charge < -0.3 is 15.0 Å². The number of hydrogen-bond donors (Lipinski definition) is 2. The zero-order valence-electron chi connectivity index (χ0n) is 10.0. The number of imidazole rings is 1. The Labute approximate surface area is 117 Å². The fraction of sp³-hybridized carbons (Fsp3) is 0.0833. The lowest BCUT2D eigenvalue weighted by Crippen LogP contribution is -1.99. The van der Waals surface area contributed by atoms with Crippen LogP contribution in [0.1, 0.15) is 0 Å². The molecule has 0 atom stereocenters. The summed E-state index contributed by atoms with van der Waals surface area (Å²) in [6.45, 7) is 0. The molecule has 3 rings (SSSR count). The standard InChI is InChI=1S/C12H10BrN5O/c1-14-12-17-10-9(15-6-16-10)11(18-12)19-8-4-2-3-7(13)5-8/h2-6H,1H3,(H2,14,15,16,17,18). The highest BCUT2D eigenvalue weighted by molar-refractivity contribution is 9.10. The lowest BCUT2D eigenvalue weighted by molar-refractivity contribution is 0.467. The maximum atomic E-state index is 5.78. The van der Waals surface area contributed by atoms with Crippen molar-refractivity contribution in [2.24, 2.45) is 0 Å². The number of aromatic amines is 1. The van der Waals surface area contributed by atoms with Gasteiger partial charge in [0.2, 0.25) is 5.95 Å². The minimum absolute atomic E-state index is 0.435. The van der Waals surface area contributed by atoms with Crippen molar-refractivity contribution in [2.75, 3.05) is 12.4 Å². The molecule has 0 saturated carbocycles. The molecule has 0 saturated heterocycles. The van der Waals surface area contributed by atoms with Crippen LogP contribution in [-0.2, 0) is 0 Å². The molecular weight excluding hydrogens is 310 g/mol. The van der Waals surface area contributed by atoms with Crippen LogP contribution in [0, 0.1) is 0 Å². The molecule has 0 aliphatic carbocycles. The van der Waals surface area contributed by atoms with Crippen molar-refractivity contribution in [3.05, 3.63) is 35.1 Å². The summed E-state index contributed by atoms with van der Waals surface area (Å²) in [5.74, 6) is 1.58. The van der Waals surface area contributed by atoms with Gasteiger partial charge in [-0.25, -0.2) is 4.98 Å². The third-order valence-electron chi connectivity index (χ3n) is 2.49. The van der Waals surface area contributed by atoms with Gasteiger partial charge in [-0.3, -0.25) is 0 Å². The van der Waals surface area contributed by atoms with Gasteiger partial charge in [0.1, 0.15) is 11.3 Å². The smallest absolute Gasteiger partial charge is 0.250 e. The lowest BCUT2D eigenvalue weighted by atomic mass is 10.3. The van der Waals surface area contributed by atoms with Crippen molar-refractivity contribution >= 4 is 33.0 Å². The van der Waals surface area contributed by atoms with Gasteiger partial charge in [-0.15, -0.1) is 0 Å². The molecule has 0 aliphatic rings. The van der Waals surface area contributed by atoms with E-state index in [1.165, 1.54) is 0 Å². The highest BCUT2D eigenvalue weighted by Gasteiger charge is 2.11. The molecule has 2 aromatic heterocycles. The Morgan fingerprint density at radius 1 is 1.32 bits per heavy atom. The SMILES string of the molecule is CNc1nc(Oc2cccc(Br)c2)c2[nH]cnc2n1. The third kappa shape index (κ3) is 2.37. The second kappa shape index (κ2) is 4.85. The molecule has 3 aromatic rings. The number of hydrogen-bond acceptors (Lipinski definition) is 5. The fourth-order valence-corrected chi connectivity index (χ4v) is 2.01. The molecule has 96 valence electrons. The Bertz CT molecular complexity index is 727. The number of halogens is 1. The van der Waals surface area contributed by atoms with E-state index in [9.17, 15) is 0 Å². The van der Waals surface area contributed by atoms with E-state index in [0.717, 1.165) is 4.47 Å². The monoisotopic (exact) mass is 319 g/mol. The third-order valence-corrected chi connectivity index (χ3v) is 2.98. The van der Waals surface area contributed by atoms with E-state index in [2.05, 4.69) is 41.2 Å². The number of anilines is 1. The molecule has 0 fully saturated rings. The van der Waals surface area contributed by atoms with E-state index in [0.29, 0.717) is 28.7 Å². The number of rotatable bonds is 3. The summed E-state index contributed by atoms with van der Waals surface area (Å²) in [4.78, 5) is 15.6. The number of nitrogens with zero attached hydrogens (tertiary/aromatic N) is 3. The Kier molecular flexibility index (Phi) is 3.04. The lowest BCUT2D eigenvalue weighted by Gasteiger charge is -2.07. The Morgan fingerprint density at radius 3 is 3.00 bits per heavy atom. The first-order valence-electron chi connectivity index (χ1n) is 5.58. The number of benzene rings is 1. The van der Waals surface area contributed by atoms with E-state index >= 15 is 0 Å². The van der Waals surface area contributed by atoms with Crippen molar-refractivity contribution < 1.29 is 4.74 Å². The van der Waals surface area contributed by atoms with Crippen LogP contribution in [-0.4, -0.2) is 27.0 Å². The van der Waals surface area contributed by atoms with Crippen molar-refractivity contribution in [3.8, 4) is 11.6 Å². The number of fused-ring (bicyclic) bond motifs is 1. The molecule has 0 unspecified atom stereocenters. The van der Waals surface area contributed by atoms with Crippen LogP contribution in [0.5, 0.6) is 11.6 Å². The van der Waals surface area contributed by atoms with Crippen LogP contribution in [0.2, 0.25) is 0 Å². The van der Waals surface area contributed by atoms with Crippen LogP contribution < -0.4 is 10.1 Å². The molecule has 0 spiro atoms. The first-order valence-corrected chi connectivity index (χ1v) is 6.38. The van der Waals surface area contributed by atoms with E-state index in [4.69, 9.17) is 4.74 Å². The average Bonchev–Trinajstić information content (AvgIpc) is 2.87. The predicted octanol–water partition coefficient (Wildman–Crippen LogP) is 2.95. The van der Waals surface area contributed by atoms with E-state index < -0.39 is 0 Å². The summed E-state index contributed by atoms with van der Waals surface area (Å²) in [6.07, 6.45) is 1.56. The van der Waals surface area contributed by atoms with Gasteiger partial charge in [0.15, 0.2) is 5.65 Å². The summed E-state index contributed by atoms with van der Waals surface area (Å²) in [6, 6.07) is 7.54. The zero-order valence-corrected chi connectivity index (χ0v) is 11.6. The van der Waals surface area contributed by atoms with Crippen molar-refractivity contribution in [1.29, 1.82) is 0 Å². The van der Waals surface area contributed by atoms with Crippen molar-refractivity contribution in [3.63, 3.8) is 0 Å². The Morgan fingerprint density at radius 2 is 2.21 bits per heavy atom. The predicted molar refractivity (Wildman–Crippen MR) is 75.4 cm³/mol. The number of aromatic nitrogens is 4. The molecule has 0 amide bonds. The summed E-state index contributed by atoms with van der Waals surface area (Å²) in [5, 5.41) is 2.88. The molecule has 7 heteroatoms. The van der Waals surface area contributed by atoms with Gasteiger partial charge >= 0.3 is 0 Å². The zero-order chi connectivity index (χ0) is 13.2. The number of ether oxygens (including phenoxy) is 1. The topological polar surface area (TPSA) is 75.7 Å².